The molecular formula is C47H47N4OPt-. The molecule has 0 spiro atoms. The van der Waals surface area contributed by atoms with Crippen LogP contribution < -0.4 is 14.5 Å². The molecule has 0 radical (unpaired) electrons. The quantitative estimate of drug-likeness (QED) is 0.161. The van der Waals surface area contributed by atoms with Gasteiger partial charge >= 0.3 is 0 Å². The van der Waals surface area contributed by atoms with Crippen LogP contribution in [0.2, 0.25) is 0 Å². The van der Waals surface area contributed by atoms with Crippen LogP contribution in [0.4, 0.5) is 22.7 Å². The summed E-state index contributed by atoms with van der Waals surface area (Å²) in [5, 5.41) is 2.37. The minimum atomic E-state index is 0. The number of aromatic nitrogens is 2. The smallest absolute Gasteiger partial charge is 0.137 e. The van der Waals surface area contributed by atoms with Gasteiger partial charge in [-0.3, -0.25) is 4.57 Å². The number of pyridine rings is 1. The predicted molar refractivity (Wildman–Crippen MR) is 218 cm³/mol. The molecule has 6 heteroatoms. The van der Waals surface area contributed by atoms with Crippen molar-refractivity contribution in [3.8, 4) is 17.3 Å². The molecule has 1 unspecified atom stereocenters. The maximum atomic E-state index is 6.75. The van der Waals surface area contributed by atoms with Gasteiger partial charge in [-0.25, -0.2) is 4.98 Å². The van der Waals surface area contributed by atoms with Crippen molar-refractivity contribution in [3.05, 3.63) is 144 Å². The van der Waals surface area contributed by atoms with Crippen LogP contribution in [0.3, 0.4) is 0 Å². The fourth-order valence-electron chi connectivity index (χ4n) is 7.82. The van der Waals surface area contributed by atoms with Crippen molar-refractivity contribution >= 4 is 44.6 Å². The van der Waals surface area contributed by atoms with Gasteiger partial charge in [0.05, 0.1) is 22.4 Å². The van der Waals surface area contributed by atoms with Gasteiger partial charge in [0.15, 0.2) is 0 Å². The van der Waals surface area contributed by atoms with E-state index in [2.05, 4.69) is 185 Å². The topological polar surface area (TPSA) is 33.5 Å². The third kappa shape index (κ3) is 6.54. The number of anilines is 4. The van der Waals surface area contributed by atoms with Gasteiger partial charge in [0.2, 0.25) is 0 Å². The molecular weight excluding hydrogens is 832 g/mol. The molecule has 1 aliphatic heterocycles. The van der Waals surface area contributed by atoms with Gasteiger partial charge in [-0.2, -0.15) is 6.07 Å². The third-order valence-electron chi connectivity index (χ3n) is 10.4. The SMILES string of the molecule is Cc1c(Oc2[c-]c(N3CC(C)N(c4ccccc4C(C)(C)C)c4ccccc43)ccc2)ccc2c3ccccc3n(-c3cc(C(C)(C)C)ccn3)c12.[Pt]. The molecule has 0 aliphatic carbocycles. The molecule has 5 aromatic carbocycles. The molecule has 1 aliphatic rings. The maximum Gasteiger partial charge on any atom is 0.137 e. The predicted octanol–water partition coefficient (Wildman–Crippen LogP) is 12.4. The van der Waals surface area contributed by atoms with Gasteiger partial charge in [0.25, 0.3) is 0 Å². The molecule has 0 saturated heterocycles. The van der Waals surface area contributed by atoms with Crippen molar-refractivity contribution in [3.63, 3.8) is 0 Å². The summed E-state index contributed by atoms with van der Waals surface area (Å²) in [7, 11) is 0. The minimum absolute atomic E-state index is 0. The van der Waals surface area contributed by atoms with Crippen LogP contribution in [0.1, 0.15) is 65.2 Å². The van der Waals surface area contributed by atoms with E-state index < -0.39 is 0 Å². The Bertz CT molecular complexity index is 2450. The molecule has 0 bridgehead atoms. The van der Waals surface area contributed by atoms with Crippen molar-refractivity contribution in [2.24, 2.45) is 0 Å². The summed E-state index contributed by atoms with van der Waals surface area (Å²) in [6.07, 6.45) is 1.93. The number of nitrogens with zero attached hydrogens (tertiary/aromatic N) is 4. The molecule has 53 heavy (non-hydrogen) atoms. The van der Waals surface area contributed by atoms with E-state index in [1.807, 2.05) is 12.3 Å². The van der Waals surface area contributed by atoms with Crippen LogP contribution in [0.5, 0.6) is 11.5 Å². The largest absolute Gasteiger partial charge is 0.483 e. The molecule has 2 aromatic heterocycles. The van der Waals surface area contributed by atoms with Crippen LogP contribution in [-0.4, -0.2) is 22.1 Å². The summed E-state index contributed by atoms with van der Waals surface area (Å²) in [5.41, 5.74) is 10.5. The summed E-state index contributed by atoms with van der Waals surface area (Å²) in [4.78, 5) is 9.78. The molecule has 5 nitrogen and oxygen atoms in total. The van der Waals surface area contributed by atoms with Crippen LogP contribution >= 0.6 is 0 Å². The van der Waals surface area contributed by atoms with E-state index in [4.69, 9.17) is 9.72 Å². The number of hydrogen-bond donors (Lipinski definition) is 0. The molecule has 0 fully saturated rings. The number of benzene rings is 5. The number of ether oxygens (including phenoxy) is 1. The Hall–Kier alpha value is -4.86. The van der Waals surface area contributed by atoms with E-state index >= 15 is 0 Å². The zero-order valence-corrected chi connectivity index (χ0v) is 34.1. The molecule has 7 aromatic rings. The average molecular weight is 879 g/mol. The first kappa shape index (κ1) is 36.5. The standard InChI is InChI=1S/C47H47N4O.Pt/c1-31-30-49(41-22-13-14-23-42(41)50(31)40-21-12-10-19-38(40)47(6,7)8)34-16-15-17-35(29-34)52-43-25-24-37-36-18-9-11-20-39(36)51(45(37)32(43)2)44-28-33(26-27-48-44)46(3,4)5;/h9-28,31H,30H2,1-8H3;/q-1;. The summed E-state index contributed by atoms with van der Waals surface area (Å²) in [6, 6.07) is 44.8. The van der Waals surface area contributed by atoms with Crippen molar-refractivity contribution < 1.29 is 25.8 Å². The van der Waals surface area contributed by atoms with Crippen LogP contribution in [0.25, 0.3) is 27.6 Å². The van der Waals surface area contributed by atoms with E-state index in [9.17, 15) is 0 Å². The number of para-hydroxylation sites is 4. The second-order valence-corrected chi connectivity index (χ2v) is 16.2. The fraction of sp³-hybridized carbons (Fsp3) is 0.255. The third-order valence-corrected chi connectivity index (χ3v) is 10.4. The van der Waals surface area contributed by atoms with Crippen molar-refractivity contribution in [1.82, 2.24) is 9.55 Å². The van der Waals surface area contributed by atoms with Crippen LogP contribution in [-0.2, 0) is 31.9 Å². The van der Waals surface area contributed by atoms with Crippen LogP contribution in [0, 0.1) is 13.0 Å². The van der Waals surface area contributed by atoms with E-state index in [0.29, 0.717) is 5.75 Å². The number of rotatable bonds is 5. The maximum absolute atomic E-state index is 6.75. The molecule has 8 rings (SSSR count). The number of fused-ring (bicyclic) bond motifs is 4. The van der Waals surface area contributed by atoms with Gasteiger partial charge in [-0.1, -0.05) is 95.8 Å². The van der Waals surface area contributed by atoms with Gasteiger partial charge < -0.3 is 14.5 Å². The summed E-state index contributed by atoms with van der Waals surface area (Å²) < 4.78 is 9.04. The number of hydrogen-bond acceptors (Lipinski definition) is 4. The zero-order chi connectivity index (χ0) is 36.4. The fourth-order valence-corrected chi connectivity index (χ4v) is 7.82. The summed E-state index contributed by atoms with van der Waals surface area (Å²) >= 11 is 0. The van der Waals surface area contributed by atoms with E-state index in [1.54, 1.807) is 0 Å². The Labute approximate surface area is 328 Å². The van der Waals surface area contributed by atoms with E-state index in [0.717, 1.165) is 46.1 Å². The van der Waals surface area contributed by atoms with Crippen molar-refractivity contribution in [2.75, 3.05) is 16.3 Å². The van der Waals surface area contributed by atoms with Crippen molar-refractivity contribution in [1.29, 1.82) is 0 Å². The van der Waals surface area contributed by atoms with Gasteiger partial charge in [-0.15, -0.1) is 18.2 Å². The molecule has 0 N–H and O–H groups in total. The first-order valence-electron chi connectivity index (χ1n) is 18.4. The molecule has 0 amide bonds. The monoisotopic (exact) mass is 878 g/mol. The average Bonchev–Trinajstić information content (AvgIpc) is 3.47. The summed E-state index contributed by atoms with van der Waals surface area (Å²) in [5.74, 6) is 2.39. The van der Waals surface area contributed by atoms with E-state index in [1.165, 1.54) is 33.3 Å². The molecule has 272 valence electrons. The first-order valence-corrected chi connectivity index (χ1v) is 18.4. The molecule has 1 atom stereocenters. The first-order chi connectivity index (χ1) is 24.9. The Kier molecular flexibility index (Phi) is 9.53. The second-order valence-electron chi connectivity index (χ2n) is 16.2. The number of aryl methyl sites for hydroxylation is 1. The van der Waals surface area contributed by atoms with Gasteiger partial charge in [0, 0.05) is 67.6 Å². The van der Waals surface area contributed by atoms with Crippen molar-refractivity contribution in [2.45, 2.75) is 72.3 Å². The molecule has 3 heterocycles. The van der Waals surface area contributed by atoms with Gasteiger partial charge in [0.1, 0.15) is 11.6 Å². The van der Waals surface area contributed by atoms with Gasteiger partial charge in [-0.05, 0) is 84.3 Å². The zero-order valence-electron chi connectivity index (χ0n) is 31.8. The second kappa shape index (κ2) is 13.8. The normalized spacial score (nSPS) is 14.7. The summed E-state index contributed by atoms with van der Waals surface area (Å²) in [6.45, 7) is 18.9. The Morgan fingerprint density at radius 2 is 1.42 bits per heavy atom. The van der Waals surface area contributed by atoms with Crippen LogP contribution in [0.15, 0.2) is 121 Å². The Balaban J connectivity index is 0.00000435. The Morgan fingerprint density at radius 1 is 0.717 bits per heavy atom. The minimum Gasteiger partial charge on any atom is -0.483 e. The molecule has 0 saturated carbocycles. The Morgan fingerprint density at radius 3 is 2.17 bits per heavy atom. The van der Waals surface area contributed by atoms with E-state index in [-0.39, 0.29) is 37.9 Å².